The number of carbonyl (C=O) groups excluding carboxylic acids is 1. The summed E-state index contributed by atoms with van der Waals surface area (Å²) < 4.78 is 10.4. The quantitative estimate of drug-likeness (QED) is 0.446. The van der Waals surface area contributed by atoms with Gasteiger partial charge in [-0.2, -0.15) is 5.26 Å². The van der Waals surface area contributed by atoms with Crippen LogP contribution in [0.15, 0.2) is 30.0 Å². The van der Waals surface area contributed by atoms with Crippen molar-refractivity contribution in [2.75, 3.05) is 14.2 Å². The lowest BCUT2D eigenvalue weighted by atomic mass is 10.0. The molecule has 0 heterocycles. The van der Waals surface area contributed by atoms with Crippen LogP contribution in [0, 0.1) is 17.2 Å². The van der Waals surface area contributed by atoms with Crippen LogP contribution < -0.4 is 20.1 Å². The number of methoxy groups -OCH3 is 2. The van der Waals surface area contributed by atoms with Crippen LogP contribution in [0.3, 0.4) is 0 Å². The van der Waals surface area contributed by atoms with Gasteiger partial charge in [-0.15, -0.1) is 0 Å². The normalized spacial score (nSPS) is 13.3. The number of nitrogens with one attached hydrogen (secondary N) is 2. The van der Waals surface area contributed by atoms with E-state index in [1.165, 1.54) is 14.2 Å². The number of hydrogen-bond donors (Lipinski definition) is 3. The first-order valence-corrected chi connectivity index (χ1v) is 8.37. The summed E-state index contributed by atoms with van der Waals surface area (Å²) in [5.74, 6) is -0.796. The van der Waals surface area contributed by atoms with Crippen LogP contribution in [0.4, 0.5) is 0 Å². The minimum atomic E-state index is -1.06. The molecule has 0 aliphatic carbocycles. The van der Waals surface area contributed by atoms with Crippen molar-refractivity contribution in [2.45, 2.75) is 32.9 Å². The molecule has 0 radical (unpaired) electrons. The number of carboxylic acid groups (broad SMARTS) is 1. The van der Waals surface area contributed by atoms with Gasteiger partial charge in [0, 0.05) is 6.20 Å². The lowest BCUT2D eigenvalue weighted by molar-refractivity contribution is -0.140. The Morgan fingerprint density at radius 3 is 2.30 bits per heavy atom. The average molecular weight is 375 g/mol. The third-order valence-electron chi connectivity index (χ3n) is 3.96. The first kappa shape index (κ1) is 21.8. The Hall–Kier alpha value is -3.21. The van der Waals surface area contributed by atoms with Gasteiger partial charge in [-0.1, -0.05) is 19.9 Å². The molecule has 0 bridgehead atoms. The van der Waals surface area contributed by atoms with Gasteiger partial charge in [0.05, 0.1) is 20.3 Å². The number of nitrogens with zero attached hydrogens (tertiary/aromatic N) is 1. The van der Waals surface area contributed by atoms with E-state index in [0.29, 0.717) is 11.5 Å². The molecule has 2 atom stereocenters. The van der Waals surface area contributed by atoms with Crippen LogP contribution in [0.25, 0.3) is 0 Å². The van der Waals surface area contributed by atoms with Gasteiger partial charge in [-0.25, -0.2) is 4.79 Å². The molecule has 8 nitrogen and oxygen atoms in total. The minimum absolute atomic E-state index is 0.214. The monoisotopic (exact) mass is 375 g/mol. The van der Waals surface area contributed by atoms with Crippen molar-refractivity contribution in [3.63, 3.8) is 0 Å². The molecule has 1 aromatic carbocycles. The standard InChI is InChI=1S/C19H25N3O5/c1-11(2)17(19(24)25)21-10-14(9-20)18(23)22-12(3)13-6-7-15(26-4)16(8-13)27-5/h6-8,10-12,17,21H,1-5H3,(H,22,23)(H,24,25)/b14-10-. The Morgan fingerprint density at radius 2 is 1.81 bits per heavy atom. The van der Waals surface area contributed by atoms with Crippen molar-refractivity contribution in [3.8, 4) is 17.6 Å². The van der Waals surface area contributed by atoms with E-state index < -0.39 is 24.0 Å². The maximum absolute atomic E-state index is 12.3. The molecule has 0 fully saturated rings. The largest absolute Gasteiger partial charge is 0.493 e. The molecule has 0 aromatic heterocycles. The Kier molecular flexibility index (Phi) is 8.14. The molecule has 2 unspecified atom stereocenters. The van der Waals surface area contributed by atoms with E-state index in [1.54, 1.807) is 45.0 Å². The fraction of sp³-hybridized carbons (Fsp3) is 0.421. The number of carbonyl (C=O) groups is 2. The molecule has 8 heteroatoms. The van der Waals surface area contributed by atoms with Gasteiger partial charge in [0.25, 0.3) is 5.91 Å². The maximum Gasteiger partial charge on any atom is 0.326 e. The zero-order valence-electron chi connectivity index (χ0n) is 16.1. The van der Waals surface area contributed by atoms with E-state index in [4.69, 9.17) is 14.6 Å². The van der Waals surface area contributed by atoms with Crippen molar-refractivity contribution in [1.29, 1.82) is 5.26 Å². The Bertz CT molecular complexity index is 752. The van der Waals surface area contributed by atoms with E-state index in [2.05, 4.69) is 10.6 Å². The first-order valence-electron chi connectivity index (χ1n) is 8.37. The smallest absolute Gasteiger partial charge is 0.326 e. The third kappa shape index (κ3) is 5.92. The lowest BCUT2D eigenvalue weighted by Crippen LogP contribution is -2.38. The molecule has 0 aliphatic rings. The molecule has 146 valence electrons. The average Bonchev–Trinajstić information content (AvgIpc) is 2.63. The van der Waals surface area contributed by atoms with Crippen molar-refractivity contribution in [1.82, 2.24) is 10.6 Å². The molecule has 0 aliphatic heterocycles. The SMILES string of the molecule is COc1ccc(C(C)NC(=O)/C(C#N)=C\NC(C(=O)O)C(C)C)cc1OC. The summed E-state index contributed by atoms with van der Waals surface area (Å²) >= 11 is 0. The summed E-state index contributed by atoms with van der Waals surface area (Å²) in [6.45, 7) is 5.21. The molecule has 0 spiro atoms. The van der Waals surface area contributed by atoms with E-state index in [9.17, 15) is 14.9 Å². The number of ether oxygens (including phenoxy) is 2. The van der Waals surface area contributed by atoms with Crippen LogP contribution in [-0.2, 0) is 9.59 Å². The van der Waals surface area contributed by atoms with Crippen molar-refractivity contribution < 1.29 is 24.2 Å². The second kappa shape index (κ2) is 10.1. The fourth-order valence-electron chi connectivity index (χ4n) is 2.35. The van der Waals surface area contributed by atoms with Crippen LogP contribution in [-0.4, -0.2) is 37.2 Å². The third-order valence-corrected chi connectivity index (χ3v) is 3.96. The first-order chi connectivity index (χ1) is 12.7. The second-order valence-electron chi connectivity index (χ2n) is 6.21. The molecule has 0 saturated heterocycles. The van der Waals surface area contributed by atoms with Crippen molar-refractivity contribution in [3.05, 3.63) is 35.5 Å². The summed E-state index contributed by atoms with van der Waals surface area (Å²) in [6.07, 6.45) is 1.13. The molecule has 0 saturated carbocycles. The van der Waals surface area contributed by atoms with E-state index >= 15 is 0 Å². The highest BCUT2D eigenvalue weighted by molar-refractivity contribution is 5.97. The topological polar surface area (TPSA) is 121 Å². The Labute approximate surface area is 158 Å². The molecule has 3 N–H and O–H groups in total. The summed E-state index contributed by atoms with van der Waals surface area (Å²) in [6, 6.07) is 5.71. The number of benzene rings is 1. The van der Waals surface area contributed by atoms with Crippen LogP contribution in [0.5, 0.6) is 11.5 Å². The zero-order valence-corrected chi connectivity index (χ0v) is 16.1. The molecule has 1 rings (SSSR count). The Balaban J connectivity index is 2.90. The second-order valence-corrected chi connectivity index (χ2v) is 6.21. The minimum Gasteiger partial charge on any atom is -0.493 e. The molecule has 1 aromatic rings. The molecule has 1 amide bonds. The van der Waals surface area contributed by atoms with E-state index in [1.807, 2.05) is 0 Å². The summed E-state index contributed by atoms with van der Waals surface area (Å²) in [5, 5.41) is 23.7. The predicted octanol–water partition coefficient (Wildman–Crippen LogP) is 1.99. The van der Waals surface area contributed by atoms with Gasteiger partial charge < -0.3 is 25.2 Å². The van der Waals surface area contributed by atoms with Crippen LogP contribution >= 0.6 is 0 Å². The highest BCUT2D eigenvalue weighted by atomic mass is 16.5. The highest BCUT2D eigenvalue weighted by Gasteiger charge is 2.21. The van der Waals surface area contributed by atoms with E-state index in [0.717, 1.165) is 11.8 Å². The number of amides is 1. The summed E-state index contributed by atoms with van der Waals surface area (Å²) in [7, 11) is 3.04. The van der Waals surface area contributed by atoms with Gasteiger partial charge >= 0.3 is 5.97 Å². The van der Waals surface area contributed by atoms with Crippen LogP contribution in [0.1, 0.15) is 32.4 Å². The van der Waals surface area contributed by atoms with Crippen molar-refractivity contribution >= 4 is 11.9 Å². The molecular formula is C19H25N3O5. The fourth-order valence-corrected chi connectivity index (χ4v) is 2.35. The molecular weight excluding hydrogens is 350 g/mol. The predicted molar refractivity (Wildman–Crippen MR) is 99.2 cm³/mol. The Morgan fingerprint density at radius 1 is 1.19 bits per heavy atom. The number of aliphatic carboxylic acids is 1. The van der Waals surface area contributed by atoms with Gasteiger partial charge in [0.2, 0.25) is 0 Å². The maximum atomic E-state index is 12.3. The summed E-state index contributed by atoms with van der Waals surface area (Å²) in [5.41, 5.74) is 0.547. The molecule has 27 heavy (non-hydrogen) atoms. The van der Waals surface area contributed by atoms with Gasteiger partial charge in [0.1, 0.15) is 17.7 Å². The van der Waals surface area contributed by atoms with Gasteiger partial charge in [-0.3, -0.25) is 4.79 Å². The number of carboxylic acids is 1. The van der Waals surface area contributed by atoms with E-state index in [-0.39, 0.29) is 11.5 Å². The van der Waals surface area contributed by atoms with Gasteiger partial charge in [0.15, 0.2) is 11.5 Å². The highest BCUT2D eigenvalue weighted by Crippen LogP contribution is 2.29. The number of rotatable bonds is 9. The number of nitriles is 1. The summed E-state index contributed by atoms with van der Waals surface area (Å²) in [4.78, 5) is 23.5. The van der Waals surface area contributed by atoms with Gasteiger partial charge in [-0.05, 0) is 30.5 Å². The van der Waals surface area contributed by atoms with Crippen LogP contribution in [0.2, 0.25) is 0 Å². The van der Waals surface area contributed by atoms with Crippen molar-refractivity contribution in [2.24, 2.45) is 5.92 Å². The zero-order chi connectivity index (χ0) is 20.6. The lowest BCUT2D eigenvalue weighted by Gasteiger charge is -2.18. The number of hydrogen-bond acceptors (Lipinski definition) is 6.